The molecule has 0 atom stereocenters. The molecular weight excluding hydrogens is 172 g/mol. The fraction of sp³-hybridized carbons (Fsp3) is 0.222. The van der Waals surface area contributed by atoms with Gasteiger partial charge in [-0.1, -0.05) is 17.7 Å². The Hall–Kier alpha value is -1.04. The van der Waals surface area contributed by atoms with E-state index in [1.807, 2.05) is 19.1 Å². The zero-order valence-electron chi connectivity index (χ0n) is 6.76. The minimum atomic E-state index is 0.456. The molecule has 62 valence electrons. The van der Waals surface area contributed by atoms with Gasteiger partial charge < -0.3 is 5.73 Å². The maximum Gasteiger partial charge on any atom is 0.101 e. The molecule has 1 aromatic carbocycles. The summed E-state index contributed by atoms with van der Waals surface area (Å²) in [6.07, 6.45) is 0. The van der Waals surface area contributed by atoms with Crippen LogP contribution in [0.25, 0.3) is 0 Å². The molecular formula is C9H9ClN2. The summed E-state index contributed by atoms with van der Waals surface area (Å²) in [4.78, 5) is 0. The van der Waals surface area contributed by atoms with Crippen molar-refractivity contribution in [2.75, 3.05) is 0 Å². The van der Waals surface area contributed by atoms with Gasteiger partial charge in [0.1, 0.15) is 6.07 Å². The summed E-state index contributed by atoms with van der Waals surface area (Å²) < 4.78 is 0. The summed E-state index contributed by atoms with van der Waals surface area (Å²) in [7, 11) is 0. The van der Waals surface area contributed by atoms with E-state index < -0.39 is 0 Å². The van der Waals surface area contributed by atoms with Crippen molar-refractivity contribution in [1.29, 1.82) is 5.26 Å². The number of hydrogen-bond acceptors (Lipinski definition) is 2. The second kappa shape index (κ2) is 3.57. The summed E-state index contributed by atoms with van der Waals surface area (Å²) in [6.45, 7) is 2.32. The lowest BCUT2D eigenvalue weighted by Crippen LogP contribution is -2.00. The molecule has 0 saturated heterocycles. The maximum absolute atomic E-state index is 8.64. The molecule has 0 aliphatic rings. The molecule has 2 N–H and O–H groups in total. The first kappa shape index (κ1) is 9.05. The largest absolute Gasteiger partial charge is 0.326 e. The van der Waals surface area contributed by atoms with Gasteiger partial charge >= 0.3 is 0 Å². The number of benzene rings is 1. The zero-order valence-corrected chi connectivity index (χ0v) is 7.52. The Morgan fingerprint density at radius 3 is 2.75 bits per heavy atom. The SMILES string of the molecule is Cc1c(CN)ccc(C#N)c1Cl. The molecule has 0 aliphatic heterocycles. The van der Waals surface area contributed by atoms with Gasteiger partial charge in [-0.25, -0.2) is 0 Å². The average molecular weight is 181 g/mol. The highest BCUT2D eigenvalue weighted by atomic mass is 35.5. The van der Waals surface area contributed by atoms with E-state index in [1.54, 1.807) is 6.07 Å². The predicted octanol–water partition coefficient (Wildman–Crippen LogP) is 1.98. The predicted molar refractivity (Wildman–Crippen MR) is 48.8 cm³/mol. The molecule has 0 aromatic heterocycles. The molecule has 0 radical (unpaired) electrons. The highest BCUT2D eigenvalue weighted by Gasteiger charge is 2.05. The number of halogens is 1. The van der Waals surface area contributed by atoms with Crippen molar-refractivity contribution in [1.82, 2.24) is 0 Å². The van der Waals surface area contributed by atoms with Crippen LogP contribution in [0, 0.1) is 18.3 Å². The van der Waals surface area contributed by atoms with Gasteiger partial charge in [0.05, 0.1) is 10.6 Å². The van der Waals surface area contributed by atoms with E-state index >= 15 is 0 Å². The van der Waals surface area contributed by atoms with Crippen LogP contribution in [0.5, 0.6) is 0 Å². The standard InChI is InChI=1S/C9H9ClN2/c1-6-7(4-11)2-3-8(5-12)9(6)10/h2-3H,4,11H2,1H3. The lowest BCUT2D eigenvalue weighted by Gasteiger charge is -2.05. The maximum atomic E-state index is 8.64. The van der Waals surface area contributed by atoms with Crippen molar-refractivity contribution in [2.45, 2.75) is 13.5 Å². The molecule has 0 heterocycles. The zero-order chi connectivity index (χ0) is 9.14. The summed E-state index contributed by atoms with van der Waals surface area (Å²) in [5.74, 6) is 0. The van der Waals surface area contributed by atoms with Crippen molar-refractivity contribution in [2.24, 2.45) is 5.73 Å². The van der Waals surface area contributed by atoms with Gasteiger partial charge in [0.15, 0.2) is 0 Å². The summed E-state index contributed by atoms with van der Waals surface area (Å²) in [6, 6.07) is 5.54. The molecule has 0 fully saturated rings. The first-order valence-corrected chi connectivity index (χ1v) is 3.96. The molecule has 3 heteroatoms. The van der Waals surface area contributed by atoms with Crippen LogP contribution in [-0.4, -0.2) is 0 Å². The van der Waals surface area contributed by atoms with Crippen molar-refractivity contribution >= 4 is 11.6 Å². The molecule has 0 aliphatic carbocycles. The molecule has 1 rings (SSSR count). The van der Waals surface area contributed by atoms with E-state index in [9.17, 15) is 0 Å². The van der Waals surface area contributed by atoms with Gasteiger partial charge in [-0.3, -0.25) is 0 Å². The summed E-state index contributed by atoms with van der Waals surface area (Å²) >= 11 is 5.90. The van der Waals surface area contributed by atoms with Crippen LogP contribution in [0.4, 0.5) is 0 Å². The van der Waals surface area contributed by atoms with E-state index in [4.69, 9.17) is 22.6 Å². The topological polar surface area (TPSA) is 49.8 Å². The Labute approximate surface area is 76.6 Å². The quantitative estimate of drug-likeness (QED) is 0.719. The van der Waals surface area contributed by atoms with Crippen LogP contribution >= 0.6 is 11.6 Å². The lowest BCUT2D eigenvalue weighted by atomic mass is 10.1. The Morgan fingerprint density at radius 2 is 2.25 bits per heavy atom. The first-order valence-electron chi connectivity index (χ1n) is 3.59. The average Bonchev–Trinajstić information content (AvgIpc) is 2.10. The van der Waals surface area contributed by atoms with Crippen LogP contribution in [0.2, 0.25) is 5.02 Å². The third-order valence-corrected chi connectivity index (χ3v) is 2.33. The number of rotatable bonds is 1. The molecule has 2 nitrogen and oxygen atoms in total. The number of hydrogen-bond donors (Lipinski definition) is 1. The Bertz CT molecular complexity index is 339. The van der Waals surface area contributed by atoms with Crippen LogP contribution in [-0.2, 0) is 6.54 Å². The third kappa shape index (κ3) is 1.42. The lowest BCUT2D eigenvalue weighted by molar-refractivity contribution is 1.05. The van der Waals surface area contributed by atoms with Crippen molar-refractivity contribution in [3.8, 4) is 6.07 Å². The molecule has 0 bridgehead atoms. The smallest absolute Gasteiger partial charge is 0.101 e. The number of nitrogens with two attached hydrogens (primary N) is 1. The second-order valence-electron chi connectivity index (χ2n) is 2.53. The van der Waals surface area contributed by atoms with Crippen LogP contribution < -0.4 is 5.73 Å². The first-order chi connectivity index (χ1) is 5.70. The van der Waals surface area contributed by atoms with E-state index in [-0.39, 0.29) is 0 Å². The Balaban J connectivity index is 3.32. The number of nitriles is 1. The van der Waals surface area contributed by atoms with Crippen LogP contribution in [0.15, 0.2) is 12.1 Å². The molecule has 0 unspecified atom stereocenters. The normalized spacial score (nSPS) is 9.50. The second-order valence-corrected chi connectivity index (χ2v) is 2.91. The minimum absolute atomic E-state index is 0.456. The van der Waals surface area contributed by atoms with Crippen molar-refractivity contribution in [3.05, 3.63) is 33.8 Å². The van der Waals surface area contributed by atoms with Crippen LogP contribution in [0.1, 0.15) is 16.7 Å². The van der Waals surface area contributed by atoms with Gasteiger partial charge in [0.25, 0.3) is 0 Å². The summed E-state index contributed by atoms with van der Waals surface area (Å²) in [5, 5.41) is 9.16. The Morgan fingerprint density at radius 1 is 1.58 bits per heavy atom. The monoisotopic (exact) mass is 180 g/mol. The van der Waals surface area contributed by atoms with E-state index in [0.29, 0.717) is 17.1 Å². The highest BCUT2D eigenvalue weighted by Crippen LogP contribution is 2.22. The van der Waals surface area contributed by atoms with E-state index in [2.05, 4.69) is 0 Å². The molecule has 0 saturated carbocycles. The van der Waals surface area contributed by atoms with Gasteiger partial charge in [0.2, 0.25) is 0 Å². The van der Waals surface area contributed by atoms with Gasteiger partial charge in [-0.05, 0) is 24.1 Å². The molecule has 1 aromatic rings. The summed E-state index contributed by atoms with van der Waals surface area (Å²) in [5.41, 5.74) is 7.86. The number of nitrogens with zero attached hydrogens (tertiary/aromatic N) is 1. The van der Waals surface area contributed by atoms with Gasteiger partial charge in [0, 0.05) is 6.54 Å². The van der Waals surface area contributed by atoms with Gasteiger partial charge in [-0.15, -0.1) is 0 Å². The van der Waals surface area contributed by atoms with Crippen molar-refractivity contribution < 1.29 is 0 Å². The van der Waals surface area contributed by atoms with Crippen molar-refractivity contribution in [3.63, 3.8) is 0 Å². The highest BCUT2D eigenvalue weighted by molar-refractivity contribution is 6.32. The molecule has 12 heavy (non-hydrogen) atoms. The molecule has 0 spiro atoms. The fourth-order valence-corrected chi connectivity index (χ4v) is 1.26. The molecule has 0 amide bonds. The van der Waals surface area contributed by atoms with Crippen LogP contribution in [0.3, 0.4) is 0 Å². The third-order valence-electron chi connectivity index (χ3n) is 1.84. The van der Waals surface area contributed by atoms with Gasteiger partial charge in [-0.2, -0.15) is 5.26 Å². The minimum Gasteiger partial charge on any atom is -0.326 e. The fourth-order valence-electron chi connectivity index (χ4n) is 1.03. The van der Waals surface area contributed by atoms with E-state index in [0.717, 1.165) is 11.1 Å². The van der Waals surface area contributed by atoms with E-state index in [1.165, 1.54) is 0 Å². The Kier molecular flexibility index (Phi) is 2.69.